The minimum atomic E-state index is -4.44. The summed E-state index contributed by atoms with van der Waals surface area (Å²) < 4.78 is 38.9. The maximum Gasteiger partial charge on any atom is 0.417 e. The highest BCUT2D eigenvalue weighted by Crippen LogP contribution is 2.31. The summed E-state index contributed by atoms with van der Waals surface area (Å²) in [7, 11) is 0. The molecular weight excluding hydrogens is 245 g/mol. The summed E-state index contributed by atoms with van der Waals surface area (Å²) in [6, 6.07) is 0.878. The number of nitrogens with two attached hydrogens (primary N) is 1. The van der Waals surface area contributed by atoms with Crippen molar-refractivity contribution >= 4 is 11.3 Å². The minimum absolute atomic E-state index is 0.0210. The smallest absolute Gasteiger partial charge is 0.396 e. The molecular formula is C11H13F3N4. The molecule has 0 aliphatic rings. The van der Waals surface area contributed by atoms with Crippen molar-refractivity contribution in [3.63, 3.8) is 0 Å². The van der Waals surface area contributed by atoms with Crippen LogP contribution >= 0.6 is 0 Å². The van der Waals surface area contributed by atoms with E-state index < -0.39 is 11.7 Å². The summed E-state index contributed by atoms with van der Waals surface area (Å²) in [6.45, 7) is 3.96. The molecule has 0 fully saturated rings. The Morgan fingerprint density at radius 2 is 2.06 bits per heavy atom. The Balaban J connectivity index is 2.52. The number of anilines is 1. The third-order valence-electron chi connectivity index (χ3n) is 2.42. The van der Waals surface area contributed by atoms with Gasteiger partial charge in [0.25, 0.3) is 0 Å². The molecule has 0 amide bonds. The fraction of sp³-hybridized carbons (Fsp3) is 0.455. The van der Waals surface area contributed by atoms with Gasteiger partial charge in [-0.25, -0.2) is 9.50 Å². The Morgan fingerprint density at radius 3 is 2.61 bits per heavy atom. The molecule has 0 spiro atoms. The molecule has 0 aromatic carbocycles. The maximum absolute atomic E-state index is 12.6. The van der Waals surface area contributed by atoms with E-state index in [4.69, 9.17) is 5.73 Å². The molecule has 7 heteroatoms. The lowest BCUT2D eigenvalue weighted by Gasteiger charge is -2.07. The first-order valence-electron chi connectivity index (χ1n) is 5.49. The van der Waals surface area contributed by atoms with Crippen LogP contribution in [0.3, 0.4) is 0 Å². The van der Waals surface area contributed by atoms with E-state index in [0.717, 1.165) is 16.8 Å². The van der Waals surface area contributed by atoms with Crippen LogP contribution in [0.25, 0.3) is 5.65 Å². The Kier molecular flexibility index (Phi) is 2.92. The molecule has 0 saturated carbocycles. The summed E-state index contributed by atoms with van der Waals surface area (Å²) >= 11 is 0. The second kappa shape index (κ2) is 4.15. The fourth-order valence-electron chi connectivity index (χ4n) is 1.66. The topological polar surface area (TPSA) is 56.2 Å². The van der Waals surface area contributed by atoms with Crippen molar-refractivity contribution in [3.05, 3.63) is 23.7 Å². The highest BCUT2D eigenvalue weighted by atomic mass is 19.4. The van der Waals surface area contributed by atoms with Gasteiger partial charge in [0.1, 0.15) is 0 Å². The summed E-state index contributed by atoms with van der Waals surface area (Å²) in [5.74, 6) is 0.821. The molecule has 98 valence electrons. The fourth-order valence-corrected chi connectivity index (χ4v) is 1.66. The number of hydrogen-bond acceptors (Lipinski definition) is 3. The Morgan fingerprint density at radius 1 is 1.39 bits per heavy atom. The maximum atomic E-state index is 12.6. The second-order valence-corrected chi connectivity index (χ2v) is 4.58. The van der Waals surface area contributed by atoms with E-state index in [0.29, 0.717) is 18.2 Å². The second-order valence-electron chi connectivity index (χ2n) is 4.58. The van der Waals surface area contributed by atoms with Crippen LogP contribution in [0, 0.1) is 5.92 Å². The lowest BCUT2D eigenvalue weighted by molar-refractivity contribution is -0.137. The normalized spacial score (nSPS) is 12.6. The van der Waals surface area contributed by atoms with Crippen molar-refractivity contribution in [2.45, 2.75) is 26.4 Å². The van der Waals surface area contributed by atoms with Gasteiger partial charge in [-0.15, -0.1) is 0 Å². The Hall–Kier alpha value is -1.79. The molecule has 2 heterocycles. The number of fused-ring (bicyclic) bond motifs is 1. The monoisotopic (exact) mass is 258 g/mol. The molecule has 4 nitrogen and oxygen atoms in total. The average Bonchev–Trinajstić information content (AvgIpc) is 2.58. The van der Waals surface area contributed by atoms with E-state index in [2.05, 4.69) is 10.1 Å². The number of rotatable bonds is 2. The van der Waals surface area contributed by atoms with Crippen LogP contribution in [0.2, 0.25) is 0 Å². The molecule has 0 aliphatic heterocycles. The summed E-state index contributed by atoms with van der Waals surface area (Å²) in [6.07, 6.45) is -2.93. The first-order chi connectivity index (χ1) is 8.27. The van der Waals surface area contributed by atoms with E-state index in [9.17, 15) is 13.2 Å². The zero-order valence-electron chi connectivity index (χ0n) is 9.99. The van der Waals surface area contributed by atoms with Gasteiger partial charge in [0, 0.05) is 12.6 Å². The van der Waals surface area contributed by atoms with Crippen LogP contribution < -0.4 is 5.73 Å². The van der Waals surface area contributed by atoms with E-state index in [-0.39, 0.29) is 11.3 Å². The Bertz CT molecular complexity index is 571. The zero-order valence-corrected chi connectivity index (χ0v) is 9.99. The van der Waals surface area contributed by atoms with Crippen molar-refractivity contribution in [1.82, 2.24) is 14.6 Å². The van der Waals surface area contributed by atoms with Crippen molar-refractivity contribution in [2.75, 3.05) is 5.73 Å². The van der Waals surface area contributed by atoms with Gasteiger partial charge < -0.3 is 5.73 Å². The van der Waals surface area contributed by atoms with E-state index in [1.54, 1.807) is 0 Å². The van der Waals surface area contributed by atoms with Crippen molar-refractivity contribution < 1.29 is 13.2 Å². The average molecular weight is 258 g/mol. The summed E-state index contributed by atoms with van der Waals surface area (Å²) in [5, 5.41) is 4.01. The van der Waals surface area contributed by atoms with E-state index >= 15 is 0 Å². The van der Waals surface area contributed by atoms with Crippen LogP contribution in [0.4, 0.5) is 18.9 Å². The predicted molar refractivity (Wildman–Crippen MR) is 60.9 cm³/mol. The molecule has 2 aromatic heterocycles. The van der Waals surface area contributed by atoms with Crippen molar-refractivity contribution in [2.24, 2.45) is 5.92 Å². The van der Waals surface area contributed by atoms with Gasteiger partial charge in [0.15, 0.2) is 11.5 Å². The van der Waals surface area contributed by atoms with Gasteiger partial charge in [-0.3, -0.25) is 0 Å². The van der Waals surface area contributed by atoms with Crippen LogP contribution in [-0.2, 0) is 12.6 Å². The number of hydrogen-bond donors (Lipinski definition) is 1. The highest BCUT2D eigenvalue weighted by Gasteiger charge is 2.32. The summed E-state index contributed by atoms with van der Waals surface area (Å²) in [5.41, 5.74) is 4.99. The SMILES string of the molecule is CC(C)Cc1nc2c(N)cc(C(F)(F)F)cn2n1. The third kappa shape index (κ3) is 2.39. The van der Waals surface area contributed by atoms with Gasteiger partial charge in [-0.1, -0.05) is 13.8 Å². The van der Waals surface area contributed by atoms with Crippen molar-refractivity contribution in [3.8, 4) is 0 Å². The molecule has 2 aromatic rings. The lowest BCUT2D eigenvalue weighted by Crippen LogP contribution is -2.08. The molecule has 2 N–H and O–H groups in total. The molecule has 0 saturated heterocycles. The van der Waals surface area contributed by atoms with E-state index in [1.807, 2.05) is 13.8 Å². The van der Waals surface area contributed by atoms with Gasteiger partial charge in [-0.05, 0) is 12.0 Å². The van der Waals surface area contributed by atoms with Gasteiger partial charge >= 0.3 is 6.18 Å². The largest absolute Gasteiger partial charge is 0.417 e. The Labute approximate surface area is 102 Å². The molecule has 0 radical (unpaired) electrons. The molecule has 0 bridgehead atoms. The number of halogens is 3. The van der Waals surface area contributed by atoms with E-state index in [1.165, 1.54) is 0 Å². The highest BCUT2D eigenvalue weighted by molar-refractivity contribution is 5.65. The molecule has 18 heavy (non-hydrogen) atoms. The first-order valence-corrected chi connectivity index (χ1v) is 5.49. The quantitative estimate of drug-likeness (QED) is 0.900. The predicted octanol–water partition coefficient (Wildman–Crippen LogP) is 2.53. The van der Waals surface area contributed by atoms with Gasteiger partial charge in [-0.2, -0.15) is 18.3 Å². The number of nitrogen functional groups attached to an aromatic ring is 1. The number of alkyl halides is 3. The van der Waals surface area contributed by atoms with Gasteiger partial charge in [0.2, 0.25) is 0 Å². The van der Waals surface area contributed by atoms with Gasteiger partial charge in [0.05, 0.1) is 11.3 Å². The third-order valence-corrected chi connectivity index (χ3v) is 2.42. The lowest BCUT2D eigenvalue weighted by atomic mass is 10.1. The molecule has 0 unspecified atom stereocenters. The number of pyridine rings is 1. The van der Waals surface area contributed by atoms with Crippen molar-refractivity contribution in [1.29, 1.82) is 0 Å². The van der Waals surface area contributed by atoms with Crippen LogP contribution in [0.15, 0.2) is 12.3 Å². The van der Waals surface area contributed by atoms with Crippen LogP contribution in [0.1, 0.15) is 25.2 Å². The van der Waals surface area contributed by atoms with Crippen LogP contribution in [-0.4, -0.2) is 14.6 Å². The standard InChI is InChI=1S/C11H13F3N4/c1-6(2)3-9-16-10-8(15)4-7(11(12,13)14)5-18(10)17-9/h4-6H,3,15H2,1-2H3. The zero-order chi connectivity index (χ0) is 13.5. The number of nitrogens with zero attached hydrogens (tertiary/aromatic N) is 3. The minimum Gasteiger partial charge on any atom is -0.396 e. The molecule has 0 atom stereocenters. The number of aromatic nitrogens is 3. The molecule has 0 aliphatic carbocycles. The molecule has 2 rings (SSSR count). The first kappa shape index (κ1) is 12.7. The van der Waals surface area contributed by atoms with Crippen LogP contribution in [0.5, 0.6) is 0 Å². The summed E-state index contributed by atoms with van der Waals surface area (Å²) in [4.78, 5) is 4.14.